The number of carbonyl (C=O) groups is 1. The van der Waals surface area contributed by atoms with Gasteiger partial charge in [0, 0.05) is 49.2 Å². The lowest BCUT2D eigenvalue weighted by atomic mass is 9.70. The Kier molecular flexibility index (Phi) is 7.47. The average molecular weight is 537 g/mol. The smallest absolute Gasteiger partial charge is 0.340 e. The van der Waals surface area contributed by atoms with Crippen molar-refractivity contribution in [1.82, 2.24) is 4.90 Å². The highest BCUT2D eigenvalue weighted by Gasteiger charge is 2.43. The lowest BCUT2D eigenvalue weighted by molar-refractivity contribution is -0.160. The van der Waals surface area contributed by atoms with E-state index < -0.39 is 11.6 Å². The first-order valence-corrected chi connectivity index (χ1v) is 13.9. The molecule has 2 N–H and O–H groups in total. The summed E-state index contributed by atoms with van der Waals surface area (Å²) in [5.74, 6) is -0.567. The summed E-state index contributed by atoms with van der Waals surface area (Å²) in [6.45, 7) is 6.89. The number of anilines is 1. The Balaban J connectivity index is 1.59. The predicted molar refractivity (Wildman–Crippen MR) is 151 cm³/mol. The first-order chi connectivity index (χ1) is 18.2. The summed E-state index contributed by atoms with van der Waals surface area (Å²) < 4.78 is 6.50. The molecule has 0 saturated carbocycles. The Hall–Kier alpha value is -2.96. The maximum Gasteiger partial charge on any atom is 0.340 e. The van der Waals surface area contributed by atoms with Gasteiger partial charge in [0.2, 0.25) is 0 Å². The SMILES string of the molecule is C=C1C[C@](O)(C(=O)O)c2ccc3c(c2)N(CCC/C=C\CCN1C)C[C@@]1(CCCc2cc(Cl)ccc21)CO3. The highest BCUT2D eigenvalue weighted by molar-refractivity contribution is 6.30. The van der Waals surface area contributed by atoms with Crippen molar-refractivity contribution in [2.75, 3.05) is 38.2 Å². The Bertz CT molecular complexity index is 1260. The van der Waals surface area contributed by atoms with Crippen molar-refractivity contribution in [2.45, 2.75) is 56.0 Å². The second-order valence-electron chi connectivity index (χ2n) is 11.1. The van der Waals surface area contributed by atoms with Crippen molar-refractivity contribution in [2.24, 2.45) is 0 Å². The van der Waals surface area contributed by atoms with Crippen molar-refractivity contribution in [3.63, 3.8) is 0 Å². The number of hydrogen-bond donors (Lipinski definition) is 2. The van der Waals surface area contributed by atoms with Gasteiger partial charge < -0.3 is 24.7 Å². The van der Waals surface area contributed by atoms with E-state index in [4.69, 9.17) is 16.3 Å². The molecule has 0 saturated heterocycles. The van der Waals surface area contributed by atoms with E-state index in [-0.39, 0.29) is 11.8 Å². The van der Waals surface area contributed by atoms with Crippen LogP contribution in [0, 0.1) is 0 Å². The number of benzene rings is 2. The van der Waals surface area contributed by atoms with Gasteiger partial charge in [-0.2, -0.15) is 0 Å². The lowest BCUT2D eigenvalue weighted by Gasteiger charge is -2.41. The van der Waals surface area contributed by atoms with Gasteiger partial charge >= 0.3 is 5.97 Å². The summed E-state index contributed by atoms with van der Waals surface area (Å²) in [6, 6.07) is 11.5. The van der Waals surface area contributed by atoms with Gasteiger partial charge in [0.05, 0.1) is 12.3 Å². The number of carboxylic acids is 1. The van der Waals surface area contributed by atoms with Gasteiger partial charge in [-0.15, -0.1) is 0 Å². The zero-order valence-electron chi connectivity index (χ0n) is 22.1. The maximum atomic E-state index is 12.5. The summed E-state index contributed by atoms with van der Waals surface area (Å²) in [4.78, 5) is 16.7. The molecule has 5 rings (SSSR count). The Morgan fingerprint density at radius 2 is 1.92 bits per heavy atom. The van der Waals surface area contributed by atoms with Crippen molar-refractivity contribution < 1.29 is 19.7 Å². The molecule has 3 aliphatic rings. The molecule has 1 spiro atoms. The van der Waals surface area contributed by atoms with Crippen molar-refractivity contribution in [3.05, 3.63) is 82.5 Å². The molecule has 2 heterocycles. The van der Waals surface area contributed by atoms with Crippen LogP contribution < -0.4 is 9.64 Å². The molecule has 7 heteroatoms. The van der Waals surface area contributed by atoms with Gasteiger partial charge in [0.15, 0.2) is 5.60 Å². The van der Waals surface area contributed by atoms with Gasteiger partial charge in [-0.3, -0.25) is 0 Å². The number of aliphatic carboxylic acids is 1. The summed E-state index contributed by atoms with van der Waals surface area (Å²) in [7, 11) is 1.89. The Morgan fingerprint density at radius 1 is 1.11 bits per heavy atom. The Morgan fingerprint density at radius 3 is 2.74 bits per heavy atom. The predicted octanol–water partition coefficient (Wildman–Crippen LogP) is 5.66. The highest BCUT2D eigenvalue weighted by Crippen LogP contribution is 2.45. The number of rotatable bonds is 1. The van der Waals surface area contributed by atoms with Crippen LogP contribution >= 0.6 is 11.6 Å². The minimum Gasteiger partial charge on any atom is -0.490 e. The molecule has 0 radical (unpaired) electrons. The van der Waals surface area contributed by atoms with E-state index in [1.54, 1.807) is 6.07 Å². The van der Waals surface area contributed by atoms with Gasteiger partial charge in [-0.1, -0.05) is 42.5 Å². The average Bonchev–Trinajstić information content (AvgIpc) is 3.04. The number of nitrogens with zero attached hydrogens (tertiary/aromatic N) is 2. The lowest BCUT2D eigenvalue weighted by Crippen LogP contribution is -2.46. The first-order valence-electron chi connectivity index (χ1n) is 13.5. The number of halogens is 1. The molecule has 2 aliphatic heterocycles. The second kappa shape index (κ2) is 10.7. The number of allylic oxidation sites excluding steroid dienone is 1. The molecule has 2 bridgehead atoms. The third-order valence-corrected chi connectivity index (χ3v) is 8.70. The van der Waals surface area contributed by atoms with Crippen LogP contribution in [0.25, 0.3) is 0 Å². The van der Waals surface area contributed by atoms with Gasteiger partial charge in [0.25, 0.3) is 0 Å². The van der Waals surface area contributed by atoms with Gasteiger partial charge in [-0.25, -0.2) is 4.79 Å². The number of fused-ring (bicyclic) bond motifs is 3. The minimum atomic E-state index is -2.10. The molecule has 202 valence electrons. The van der Waals surface area contributed by atoms with Crippen molar-refractivity contribution in [3.8, 4) is 5.75 Å². The van der Waals surface area contributed by atoms with Crippen LogP contribution in [0.2, 0.25) is 5.02 Å². The van der Waals surface area contributed by atoms with Crippen LogP contribution in [0.3, 0.4) is 0 Å². The largest absolute Gasteiger partial charge is 0.490 e. The fourth-order valence-electron chi connectivity index (χ4n) is 6.20. The van der Waals surface area contributed by atoms with Crippen LogP contribution in [-0.4, -0.2) is 54.4 Å². The summed E-state index contributed by atoms with van der Waals surface area (Å²) in [6.07, 6.45) is 10.1. The molecular formula is C31H37ClN2O4. The van der Waals surface area contributed by atoms with Gasteiger partial charge in [-0.05, 0) is 79.5 Å². The summed E-state index contributed by atoms with van der Waals surface area (Å²) in [5.41, 5.74) is 2.03. The van der Waals surface area contributed by atoms with E-state index in [1.165, 1.54) is 11.1 Å². The van der Waals surface area contributed by atoms with Crippen LogP contribution in [0.1, 0.15) is 55.2 Å². The molecule has 0 amide bonds. The topological polar surface area (TPSA) is 73.2 Å². The number of aryl methyl sites for hydroxylation is 1. The molecule has 0 unspecified atom stereocenters. The van der Waals surface area contributed by atoms with E-state index >= 15 is 0 Å². The molecule has 0 aromatic heterocycles. The number of aliphatic hydroxyl groups is 1. The third-order valence-electron chi connectivity index (χ3n) is 8.46. The highest BCUT2D eigenvalue weighted by atomic mass is 35.5. The molecule has 6 nitrogen and oxygen atoms in total. The quantitative estimate of drug-likeness (QED) is 0.458. The van der Waals surface area contributed by atoms with Crippen LogP contribution in [0.4, 0.5) is 5.69 Å². The van der Waals surface area contributed by atoms with Crippen LogP contribution in [0.5, 0.6) is 5.75 Å². The van der Waals surface area contributed by atoms with Gasteiger partial charge in [0.1, 0.15) is 5.75 Å². The summed E-state index contributed by atoms with van der Waals surface area (Å²) >= 11 is 6.35. The van der Waals surface area contributed by atoms with Crippen molar-refractivity contribution in [1.29, 1.82) is 0 Å². The molecule has 2 atom stereocenters. The van der Waals surface area contributed by atoms with E-state index in [1.807, 2.05) is 30.1 Å². The first kappa shape index (κ1) is 26.6. The molecule has 1 aliphatic carbocycles. The van der Waals surface area contributed by atoms with Crippen LogP contribution in [0.15, 0.2) is 60.8 Å². The van der Waals surface area contributed by atoms with E-state index in [9.17, 15) is 15.0 Å². The normalized spacial score (nSPS) is 27.0. The van der Waals surface area contributed by atoms with E-state index in [0.717, 1.165) is 68.1 Å². The zero-order chi connectivity index (χ0) is 26.9. The fraction of sp³-hybridized carbons (Fsp3) is 0.452. The standard InChI is InChI=1S/C31H37ClN2O4/c1-22-19-31(37,29(35)36)24-10-13-28-27(18-24)34(16-7-5-3-4-6-15-33(22)2)20-30(21-38-28)14-8-9-23-17-25(32)11-12-26(23)30/h3-4,10-13,17-18,37H,1,5-9,14-16,19-21H2,2H3,(H,35,36)/b4-3-/t30-,31+/m0/s1. The number of carboxylic acid groups (broad SMARTS) is 1. The monoisotopic (exact) mass is 536 g/mol. The number of ether oxygens (including phenoxy) is 1. The third kappa shape index (κ3) is 5.04. The summed E-state index contributed by atoms with van der Waals surface area (Å²) in [5, 5.41) is 22.5. The second-order valence-corrected chi connectivity index (χ2v) is 11.5. The zero-order valence-corrected chi connectivity index (χ0v) is 22.8. The Labute approximate surface area is 230 Å². The molecule has 0 fully saturated rings. The molecule has 2 aromatic carbocycles. The maximum absolute atomic E-state index is 12.5. The van der Waals surface area contributed by atoms with E-state index in [0.29, 0.717) is 24.4 Å². The molecular weight excluding hydrogens is 500 g/mol. The minimum absolute atomic E-state index is 0.0970. The molecule has 2 aromatic rings. The fourth-order valence-corrected chi connectivity index (χ4v) is 6.40. The van der Waals surface area contributed by atoms with Crippen molar-refractivity contribution >= 4 is 23.3 Å². The molecule has 38 heavy (non-hydrogen) atoms. The van der Waals surface area contributed by atoms with E-state index in [2.05, 4.69) is 35.8 Å². The van der Waals surface area contributed by atoms with Crippen LogP contribution in [-0.2, 0) is 22.2 Å². The number of hydrogen-bond acceptors (Lipinski definition) is 5.